The Kier molecular flexibility index (Phi) is 7.72. The normalized spacial score (nSPS) is 14.2. The second-order valence-corrected chi connectivity index (χ2v) is 9.35. The first kappa shape index (κ1) is 23.6. The van der Waals surface area contributed by atoms with Gasteiger partial charge in [0.1, 0.15) is 5.56 Å². The Hall–Kier alpha value is -3.09. The van der Waals surface area contributed by atoms with Crippen molar-refractivity contribution in [2.75, 3.05) is 43.9 Å². The van der Waals surface area contributed by atoms with Crippen LogP contribution >= 0.6 is 0 Å². The van der Waals surface area contributed by atoms with Crippen LogP contribution < -0.4 is 10.6 Å². The summed E-state index contributed by atoms with van der Waals surface area (Å²) in [5.74, 6) is -0.940. The maximum absolute atomic E-state index is 13.0. The number of rotatable bonds is 9. The van der Waals surface area contributed by atoms with Gasteiger partial charge in [0.15, 0.2) is 9.84 Å². The van der Waals surface area contributed by atoms with E-state index in [1.807, 2.05) is 0 Å². The lowest BCUT2D eigenvalue weighted by Gasteiger charge is -2.27. The molecule has 3 rings (SSSR count). The van der Waals surface area contributed by atoms with Gasteiger partial charge in [0.05, 0.1) is 21.3 Å². The highest BCUT2D eigenvalue weighted by atomic mass is 32.2. The van der Waals surface area contributed by atoms with Gasteiger partial charge in [0.25, 0.3) is 11.6 Å². The topological polar surface area (TPSA) is 155 Å². The first-order chi connectivity index (χ1) is 15.3. The number of hydrogen-bond donors (Lipinski definition) is 3. The van der Waals surface area contributed by atoms with Gasteiger partial charge in [-0.05, 0) is 30.2 Å². The fraction of sp³-hybridized carbons (Fsp3) is 0.400. The number of nitro benzene ring substituents is 1. The maximum atomic E-state index is 13.0. The van der Waals surface area contributed by atoms with Gasteiger partial charge in [-0.25, -0.2) is 8.42 Å². The van der Waals surface area contributed by atoms with Crippen molar-refractivity contribution in [2.45, 2.75) is 17.9 Å². The van der Waals surface area contributed by atoms with E-state index in [1.54, 1.807) is 24.5 Å². The van der Waals surface area contributed by atoms with Crippen LogP contribution in [-0.4, -0.2) is 72.8 Å². The van der Waals surface area contributed by atoms with E-state index in [0.29, 0.717) is 26.2 Å². The molecule has 12 heteroatoms. The van der Waals surface area contributed by atoms with Crippen LogP contribution in [-0.2, 0) is 16.4 Å². The summed E-state index contributed by atoms with van der Waals surface area (Å²) in [5.41, 5.74) is 0.0893. The zero-order valence-electron chi connectivity index (χ0n) is 17.4. The number of nitrogens with zero attached hydrogens (tertiary/aromatic N) is 3. The summed E-state index contributed by atoms with van der Waals surface area (Å²) in [6.07, 6.45) is 3.16. The molecule has 0 atom stereocenters. The number of sulfone groups is 1. The van der Waals surface area contributed by atoms with Crippen molar-refractivity contribution in [1.29, 1.82) is 0 Å². The number of nitro groups is 1. The quantitative estimate of drug-likeness (QED) is 0.362. The molecule has 1 aromatic carbocycles. The van der Waals surface area contributed by atoms with Gasteiger partial charge in [-0.1, -0.05) is 0 Å². The average Bonchev–Trinajstić information content (AvgIpc) is 2.81. The number of aliphatic hydroxyl groups is 1. The van der Waals surface area contributed by atoms with Crippen molar-refractivity contribution in [1.82, 2.24) is 15.2 Å². The van der Waals surface area contributed by atoms with Crippen molar-refractivity contribution in [2.24, 2.45) is 0 Å². The highest BCUT2D eigenvalue weighted by Gasteiger charge is 2.31. The monoisotopic (exact) mass is 463 g/mol. The molecule has 0 radical (unpaired) electrons. The van der Waals surface area contributed by atoms with E-state index < -0.39 is 26.4 Å². The lowest BCUT2D eigenvalue weighted by molar-refractivity contribution is -0.385. The van der Waals surface area contributed by atoms with Crippen LogP contribution in [0, 0.1) is 10.1 Å². The maximum Gasteiger partial charge on any atom is 0.284 e. The Morgan fingerprint density at radius 3 is 2.56 bits per heavy atom. The molecule has 1 aliphatic rings. The smallest absolute Gasteiger partial charge is 0.284 e. The summed E-state index contributed by atoms with van der Waals surface area (Å²) < 4.78 is 26.0. The third kappa shape index (κ3) is 5.58. The molecule has 1 aromatic heterocycles. The van der Waals surface area contributed by atoms with Gasteiger partial charge in [-0.3, -0.25) is 19.9 Å². The van der Waals surface area contributed by atoms with Crippen LogP contribution in [0.25, 0.3) is 0 Å². The fourth-order valence-electron chi connectivity index (χ4n) is 3.39. The van der Waals surface area contributed by atoms with Gasteiger partial charge < -0.3 is 20.6 Å². The Bertz CT molecular complexity index is 1070. The molecule has 0 spiro atoms. The molecule has 172 valence electrons. The Morgan fingerprint density at radius 2 is 1.94 bits per heavy atom. The predicted octanol–water partition coefficient (Wildman–Crippen LogP) is 0.803. The standard InChI is InChI=1S/C20H25N5O6S/c26-10-1-11-32(30,31)19-12-16(20(27)24-8-6-22-7-9-24)18(25(28)29)13-17(19)23-14-15-2-4-21-5-3-15/h2-5,12-13,22-23,26H,1,6-11,14H2. The first-order valence-corrected chi connectivity index (χ1v) is 11.8. The van der Waals surface area contributed by atoms with Crippen LogP contribution in [0.3, 0.4) is 0 Å². The molecule has 0 bridgehead atoms. The number of pyridine rings is 1. The van der Waals surface area contributed by atoms with Crippen LogP contribution in [0.1, 0.15) is 22.3 Å². The number of nitrogens with one attached hydrogen (secondary N) is 2. The lowest BCUT2D eigenvalue weighted by Crippen LogP contribution is -2.46. The number of hydrogen-bond acceptors (Lipinski definition) is 9. The fourth-order valence-corrected chi connectivity index (χ4v) is 4.88. The van der Waals surface area contributed by atoms with Crippen LogP contribution in [0.15, 0.2) is 41.6 Å². The van der Waals surface area contributed by atoms with E-state index >= 15 is 0 Å². The van der Waals surface area contributed by atoms with Crippen LogP contribution in [0.5, 0.6) is 0 Å². The van der Waals surface area contributed by atoms with E-state index in [4.69, 9.17) is 5.11 Å². The predicted molar refractivity (Wildman–Crippen MR) is 117 cm³/mol. The van der Waals surface area contributed by atoms with Gasteiger partial charge >= 0.3 is 0 Å². The summed E-state index contributed by atoms with van der Waals surface area (Å²) >= 11 is 0. The van der Waals surface area contributed by atoms with Crippen LogP contribution in [0.2, 0.25) is 0 Å². The third-order valence-electron chi connectivity index (χ3n) is 5.07. The van der Waals surface area contributed by atoms with E-state index in [9.17, 15) is 23.3 Å². The highest BCUT2D eigenvalue weighted by molar-refractivity contribution is 7.91. The Morgan fingerprint density at radius 1 is 1.25 bits per heavy atom. The molecule has 0 unspecified atom stereocenters. The number of anilines is 1. The average molecular weight is 464 g/mol. The van der Waals surface area contributed by atoms with E-state index in [1.165, 1.54) is 4.90 Å². The third-order valence-corrected chi connectivity index (χ3v) is 6.90. The van der Waals surface area contributed by atoms with Gasteiger partial charge in [-0.15, -0.1) is 0 Å². The van der Waals surface area contributed by atoms with E-state index in [0.717, 1.165) is 17.7 Å². The molecule has 1 fully saturated rings. The van der Waals surface area contributed by atoms with Gasteiger partial charge in [0.2, 0.25) is 0 Å². The molecule has 0 aliphatic carbocycles. The van der Waals surface area contributed by atoms with Crippen molar-refractivity contribution >= 4 is 27.1 Å². The SMILES string of the molecule is O=C(c1cc(S(=O)(=O)CCCO)c(NCc2ccncc2)cc1[N+](=O)[O-])N1CCNCC1. The van der Waals surface area contributed by atoms with Crippen molar-refractivity contribution in [3.05, 3.63) is 57.9 Å². The van der Waals surface area contributed by atoms with Crippen molar-refractivity contribution in [3.8, 4) is 0 Å². The Balaban J connectivity index is 2.06. The highest BCUT2D eigenvalue weighted by Crippen LogP contribution is 2.33. The summed E-state index contributed by atoms with van der Waals surface area (Å²) in [6, 6.07) is 5.64. The number of benzene rings is 1. The van der Waals surface area contributed by atoms with E-state index in [2.05, 4.69) is 15.6 Å². The minimum absolute atomic E-state index is 0.00416. The summed E-state index contributed by atoms with van der Waals surface area (Å²) in [5, 5.41) is 26.9. The number of piperazine rings is 1. The number of amides is 1. The molecule has 0 saturated carbocycles. The van der Waals surface area contributed by atoms with Crippen molar-refractivity contribution in [3.63, 3.8) is 0 Å². The number of aliphatic hydroxyl groups excluding tert-OH is 1. The molecule has 1 amide bonds. The number of carbonyl (C=O) groups is 1. The minimum atomic E-state index is -3.93. The first-order valence-electron chi connectivity index (χ1n) is 10.1. The van der Waals surface area contributed by atoms with Crippen LogP contribution in [0.4, 0.5) is 11.4 Å². The van der Waals surface area contributed by atoms with Gasteiger partial charge in [0, 0.05) is 57.8 Å². The van der Waals surface area contributed by atoms with Gasteiger partial charge in [-0.2, -0.15) is 0 Å². The molecule has 32 heavy (non-hydrogen) atoms. The number of carbonyl (C=O) groups excluding carboxylic acids is 1. The molecule has 2 heterocycles. The molecular weight excluding hydrogens is 438 g/mol. The zero-order chi connectivity index (χ0) is 23.1. The minimum Gasteiger partial charge on any atom is -0.396 e. The molecular formula is C20H25N5O6S. The largest absolute Gasteiger partial charge is 0.396 e. The summed E-state index contributed by atoms with van der Waals surface area (Å²) in [7, 11) is -3.93. The lowest BCUT2D eigenvalue weighted by atomic mass is 10.1. The van der Waals surface area contributed by atoms with E-state index in [-0.39, 0.29) is 41.5 Å². The van der Waals surface area contributed by atoms with Crippen molar-refractivity contribution < 1.29 is 23.2 Å². The zero-order valence-corrected chi connectivity index (χ0v) is 18.2. The summed E-state index contributed by atoms with van der Waals surface area (Å²) in [6.45, 7) is 1.71. The second kappa shape index (κ2) is 10.5. The molecule has 1 saturated heterocycles. The summed E-state index contributed by atoms with van der Waals surface area (Å²) in [4.78, 5) is 29.3. The number of aromatic nitrogens is 1. The molecule has 3 N–H and O–H groups in total. The molecule has 2 aromatic rings. The molecule has 1 aliphatic heterocycles. The Labute approximate surface area is 185 Å². The second-order valence-electron chi connectivity index (χ2n) is 7.27. The molecule has 11 nitrogen and oxygen atoms in total.